The second-order valence-corrected chi connectivity index (χ2v) is 4.03. The van der Waals surface area contributed by atoms with E-state index in [1.54, 1.807) is 6.07 Å². The predicted molar refractivity (Wildman–Crippen MR) is 70.7 cm³/mol. The molecule has 7 nitrogen and oxygen atoms in total. The number of benzene rings is 1. The first kappa shape index (κ1) is 14.6. The highest BCUT2D eigenvalue weighted by molar-refractivity contribution is 6.60. The number of rotatable bonds is 2. The van der Waals surface area contributed by atoms with E-state index in [4.69, 9.17) is 16.7 Å². The van der Waals surface area contributed by atoms with Crippen LogP contribution < -0.4 is 16.9 Å². The van der Waals surface area contributed by atoms with Gasteiger partial charge >= 0.3 is 7.12 Å². The van der Waals surface area contributed by atoms with Gasteiger partial charge in [0.15, 0.2) is 11.6 Å². The monoisotopic (exact) mass is 291 g/mol. The van der Waals surface area contributed by atoms with Gasteiger partial charge in [-0.3, -0.25) is 0 Å². The molecule has 10 heteroatoms. The molecule has 0 unspecified atom stereocenters. The molecule has 0 spiro atoms. The number of hydrogen-bond acceptors (Lipinski definition) is 7. The van der Waals surface area contributed by atoms with Gasteiger partial charge in [0.05, 0.1) is 5.69 Å². The third-order valence-corrected chi connectivity index (χ3v) is 2.69. The lowest BCUT2D eigenvalue weighted by molar-refractivity contribution is 0.425. The molecular weight excluding hydrogens is 283 g/mol. The Labute approximate surface area is 117 Å². The number of hydrogen-bond donors (Lipinski definition) is 4. The van der Waals surface area contributed by atoms with Gasteiger partial charge in [-0.1, -0.05) is 0 Å². The van der Waals surface area contributed by atoms with Gasteiger partial charge in [0.2, 0.25) is 5.95 Å². The van der Waals surface area contributed by atoms with Crippen molar-refractivity contribution < 1.29 is 18.8 Å². The van der Waals surface area contributed by atoms with Crippen LogP contribution in [-0.2, 0) is 0 Å². The van der Waals surface area contributed by atoms with Crippen molar-refractivity contribution in [1.82, 2.24) is 9.97 Å². The van der Waals surface area contributed by atoms with Crippen molar-refractivity contribution in [3.63, 3.8) is 0 Å². The minimum Gasteiger partial charge on any atom is -0.423 e. The molecule has 2 aromatic rings. The molecule has 0 amide bonds. The maximum Gasteiger partial charge on any atom is 0.489 e. The second kappa shape index (κ2) is 5.32. The summed E-state index contributed by atoms with van der Waals surface area (Å²) >= 11 is 0. The summed E-state index contributed by atoms with van der Waals surface area (Å²) in [6.45, 7) is 0. The third-order valence-electron chi connectivity index (χ3n) is 2.69. The van der Waals surface area contributed by atoms with E-state index in [9.17, 15) is 18.8 Å². The highest BCUT2D eigenvalue weighted by atomic mass is 19.2. The van der Waals surface area contributed by atoms with Crippen molar-refractivity contribution in [2.75, 3.05) is 11.5 Å². The summed E-state index contributed by atoms with van der Waals surface area (Å²) in [6, 6.07) is 2.97. The molecule has 2 rings (SSSR count). The molecule has 0 aliphatic carbocycles. The number of anilines is 2. The highest BCUT2D eigenvalue weighted by Gasteiger charge is 2.24. The molecule has 106 valence electrons. The molecule has 1 aromatic carbocycles. The zero-order chi connectivity index (χ0) is 15.7. The standard InChI is InChI=1S/C11H8BF2N5O2/c13-7-1-4(6(12(20)21)2-8(7)14)9-5(3-15)10(16)19-11(17)18-9/h1-2,20-21H,(H4,16,17,18,19). The van der Waals surface area contributed by atoms with Gasteiger partial charge < -0.3 is 21.5 Å². The van der Waals surface area contributed by atoms with Crippen LogP contribution in [0.3, 0.4) is 0 Å². The highest BCUT2D eigenvalue weighted by Crippen LogP contribution is 2.25. The first-order valence-corrected chi connectivity index (χ1v) is 5.53. The first-order valence-electron chi connectivity index (χ1n) is 5.53. The van der Waals surface area contributed by atoms with Crippen molar-refractivity contribution in [1.29, 1.82) is 5.26 Å². The van der Waals surface area contributed by atoms with Crippen molar-refractivity contribution >= 4 is 24.3 Å². The molecule has 1 aromatic heterocycles. The van der Waals surface area contributed by atoms with Crippen LogP contribution in [0.4, 0.5) is 20.5 Å². The van der Waals surface area contributed by atoms with Crippen LogP contribution in [0.2, 0.25) is 0 Å². The number of nitrogen functional groups attached to an aromatic ring is 2. The van der Waals surface area contributed by atoms with Gasteiger partial charge in [-0.2, -0.15) is 10.2 Å². The molecule has 0 atom stereocenters. The van der Waals surface area contributed by atoms with Crippen LogP contribution in [0.15, 0.2) is 12.1 Å². The molecule has 0 saturated carbocycles. The van der Waals surface area contributed by atoms with Gasteiger partial charge in [-0.05, 0) is 17.6 Å². The lowest BCUT2D eigenvalue weighted by Gasteiger charge is -2.12. The maximum absolute atomic E-state index is 13.4. The zero-order valence-corrected chi connectivity index (χ0v) is 10.4. The third kappa shape index (κ3) is 2.60. The van der Waals surface area contributed by atoms with E-state index in [1.165, 1.54) is 0 Å². The van der Waals surface area contributed by atoms with Crippen LogP contribution in [0.1, 0.15) is 5.56 Å². The summed E-state index contributed by atoms with van der Waals surface area (Å²) in [5, 5.41) is 27.6. The van der Waals surface area contributed by atoms with Crippen LogP contribution in [0.25, 0.3) is 11.3 Å². The van der Waals surface area contributed by atoms with E-state index in [1.807, 2.05) is 0 Å². The van der Waals surface area contributed by atoms with Gasteiger partial charge in [-0.25, -0.2) is 13.8 Å². The Morgan fingerprint density at radius 2 is 1.76 bits per heavy atom. The number of nitrogens with two attached hydrogens (primary N) is 2. The van der Waals surface area contributed by atoms with Crippen LogP contribution in [-0.4, -0.2) is 27.1 Å². The fraction of sp³-hybridized carbons (Fsp3) is 0. The Morgan fingerprint density at radius 1 is 1.14 bits per heavy atom. The first-order chi connectivity index (χ1) is 9.85. The Bertz CT molecular complexity index is 763. The zero-order valence-electron chi connectivity index (χ0n) is 10.4. The normalized spacial score (nSPS) is 10.2. The second-order valence-electron chi connectivity index (χ2n) is 4.03. The Morgan fingerprint density at radius 3 is 2.33 bits per heavy atom. The lowest BCUT2D eigenvalue weighted by atomic mass is 9.75. The molecule has 0 aliphatic heterocycles. The number of aromatic nitrogens is 2. The number of halogens is 2. The van der Waals surface area contributed by atoms with Crippen molar-refractivity contribution in [3.8, 4) is 17.3 Å². The molecule has 21 heavy (non-hydrogen) atoms. The summed E-state index contributed by atoms with van der Waals surface area (Å²) < 4.78 is 26.6. The van der Waals surface area contributed by atoms with Crippen LogP contribution in [0, 0.1) is 23.0 Å². The predicted octanol–water partition coefficient (Wildman–Crippen LogP) is -0.862. The lowest BCUT2D eigenvalue weighted by Crippen LogP contribution is -2.33. The van der Waals surface area contributed by atoms with Gasteiger partial charge in [-0.15, -0.1) is 0 Å². The number of nitrogens with zero attached hydrogens (tertiary/aromatic N) is 3. The fourth-order valence-corrected chi connectivity index (χ4v) is 1.78. The average Bonchev–Trinajstić information content (AvgIpc) is 2.40. The van der Waals surface area contributed by atoms with Gasteiger partial charge in [0.25, 0.3) is 0 Å². The maximum atomic E-state index is 13.4. The quantitative estimate of drug-likeness (QED) is 0.527. The van der Waals surface area contributed by atoms with Gasteiger partial charge in [0, 0.05) is 5.56 Å². The van der Waals surface area contributed by atoms with E-state index in [-0.39, 0.29) is 34.0 Å². The van der Waals surface area contributed by atoms with Crippen LogP contribution >= 0.6 is 0 Å². The molecule has 0 bridgehead atoms. The van der Waals surface area contributed by atoms with E-state index in [0.29, 0.717) is 12.1 Å². The van der Waals surface area contributed by atoms with Crippen molar-refractivity contribution in [3.05, 3.63) is 29.3 Å². The fourth-order valence-electron chi connectivity index (χ4n) is 1.78. The summed E-state index contributed by atoms with van der Waals surface area (Å²) in [5.74, 6) is -3.10. The molecule has 0 aliphatic rings. The number of nitriles is 1. The SMILES string of the molecule is N#Cc1c(N)nc(N)nc1-c1cc(F)c(F)cc1B(O)O. The molecule has 0 radical (unpaired) electrons. The summed E-state index contributed by atoms with van der Waals surface area (Å²) in [7, 11) is -2.11. The molecule has 6 N–H and O–H groups in total. The molecule has 0 saturated heterocycles. The van der Waals surface area contributed by atoms with E-state index < -0.39 is 18.8 Å². The Hall–Kier alpha value is -2.77. The average molecular weight is 291 g/mol. The van der Waals surface area contributed by atoms with E-state index in [2.05, 4.69) is 9.97 Å². The van der Waals surface area contributed by atoms with Crippen molar-refractivity contribution in [2.24, 2.45) is 0 Å². The van der Waals surface area contributed by atoms with Crippen LogP contribution in [0.5, 0.6) is 0 Å². The van der Waals surface area contributed by atoms with E-state index in [0.717, 1.165) is 0 Å². The Kier molecular flexibility index (Phi) is 3.71. The largest absolute Gasteiger partial charge is 0.489 e. The minimum absolute atomic E-state index is 0.218. The molecular formula is C11H8BF2N5O2. The minimum atomic E-state index is -2.11. The van der Waals surface area contributed by atoms with Gasteiger partial charge in [0.1, 0.15) is 17.5 Å². The van der Waals surface area contributed by atoms with E-state index >= 15 is 0 Å². The Balaban J connectivity index is 2.85. The van der Waals surface area contributed by atoms with Crippen molar-refractivity contribution in [2.45, 2.75) is 0 Å². The summed E-state index contributed by atoms with van der Waals surface area (Å²) in [6.07, 6.45) is 0. The molecule has 0 fully saturated rings. The molecule has 1 heterocycles. The topological polar surface area (TPSA) is 142 Å². The summed E-state index contributed by atoms with van der Waals surface area (Å²) in [4.78, 5) is 7.32. The smallest absolute Gasteiger partial charge is 0.423 e. The summed E-state index contributed by atoms with van der Waals surface area (Å²) in [5.41, 5.74) is 9.86.